The van der Waals surface area contributed by atoms with Crippen LogP contribution in [0.2, 0.25) is 0 Å². The first-order valence-electron chi connectivity index (χ1n) is 36.2. The fourth-order valence-corrected chi connectivity index (χ4v) is 19.6. The molecule has 3 heteroatoms. The van der Waals surface area contributed by atoms with Crippen molar-refractivity contribution in [1.82, 2.24) is 15.0 Å². The van der Waals surface area contributed by atoms with Gasteiger partial charge in [0.15, 0.2) is 0 Å². The van der Waals surface area contributed by atoms with E-state index in [0.717, 1.165) is 22.6 Å². The van der Waals surface area contributed by atoms with E-state index in [0.29, 0.717) is 0 Å². The Bertz CT molecular complexity index is 6560. The molecule has 0 N–H and O–H groups in total. The first-order chi connectivity index (χ1) is 50.5. The lowest BCUT2D eigenvalue weighted by Crippen LogP contribution is -2.23. The number of hydrogen-bond acceptors (Lipinski definition) is 3. The highest BCUT2D eigenvalue weighted by atomic mass is 14.6. The number of hydrogen-bond donors (Lipinski definition) is 0. The van der Waals surface area contributed by atoms with Crippen LogP contribution in [-0.2, 0) is 22.7 Å². The summed E-state index contributed by atoms with van der Waals surface area (Å²) in [4.78, 5) is 14.7. The fourth-order valence-electron chi connectivity index (χ4n) is 19.6. The van der Waals surface area contributed by atoms with Crippen LogP contribution in [0, 0.1) is 0 Å². The first kappa shape index (κ1) is 59.4. The van der Waals surface area contributed by atoms with Gasteiger partial charge in [0, 0.05) is 69.6 Å². The summed E-state index contributed by atoms with van der Waals surface area (Å²) >= 11 is 0. The molecule has 0 amide bonds. The van der Waals surface area contributed by atoms with E-state index in [2.05, 4.69) is 332 Å². The SMILES string of the molecule is CC1(C)c2ccccc2-c2ccc(-c3c4ccccc4c(-c4ccc(-c5c6ccccc6c(-c6ccc(CC7(C)c8ccccc8-c8c(-c9c%10ccccc%10c(-c%10cccc%11c%10-c%10ccccc%10C%11(C)C)c%10ccncc9%10)cccc87)cc6)c6ccncc56)c5ccccc45)c4cnccc34)cc21. The predicted molar refractivity (Wildman–Crippen MR) is 432 cm³/mol. The molecule has 0 radical (unpaired) electrons. The topological polar surface area (TPSA) is 38.7 Å². The van der Waals surface area contributed by atoms with Gasteiger partial charge in [0.2, 0.25) is 0 Å². The molecule has 1 unspecified atom stereocenters. The van der Waals surface area contributed by atoms with Gasteiger partial charge < -0.3 is 0 Å². The molecule has 0 aliphatic heterocycles. The summed E-state index contributed by atoms with van der Waals surface area (Å²) < 4.78 is 0. The summed E-state index contributed by atoms with van der Waals surface area (Å²) in [5.41, 5.74) is 31.4. The molecule has 484 valence electrons. The predicted octanol–water partition coefficient (Wildman–Crippen LogP) is 26.1. The highest BCUT2D eigenvalue weighted by Crippen LogP contribution is 2.59. The third kappa shape index (κ3) is 8.36. The molecule has 1 atom stereocenters. The third-order valence-corrected chi connectivity index (χ3v) is 24.2. The van der Waals surface area contributed by atoms with Crippen LogP contribution in [0.15, 0.2) is 316 Å². The van der Waals surface area contributed by atoms with Crippen LogP contribution in [0.25, 0.3) is 176 Å². The van der Waals surface area contributed by atoms with Gasteiger partial charge in [0.25, 0.3) is 0 Å². The number of benzene rings is 15. The lowest BCUT2D eigenvalue weighted by molar-refractivity contribution is 0.583. The minimum absolute atomic E-state index is 0.121. The Labute approximate surface area is 599 Å². The van der Waals surface area contributed by atoms with Gasteiger partial charge in [-0.05, 0) is 229 Å². The first-order valence-corrected chi connectivity index (χ1v) is 36.2. The maximum Gasteiger partial charge on any atom is 0.0353 e. The van der Waals surface area contributed by atoms with Crippen molar-refractivity contribution in [1.29, 1.82) is 0 Å². The summed E-state index contributed by atoms with van der Waals surface area (Å²) in [6.07, 6.45) is 13.0. The quantitative estimate of drug-likeness (QED) is 0.142. The Balaban J connectivity index is 0.669. The molecule has 0 fully saturated rings. The van der Waals surface area contributed by atoms with Crippen molar-refractivity contribution < 1.29 is 0 Å². The molecule has 0 spiro atoms. The summed E-state index contributed by atoms with van der Waals surface area (Å²) in [6, 6.07) is 105. The highest BCUT2D eigenvalue weighted by Gasteiger charge is 2.42. The largest absolute Gasteiger partial charge is 0.264 e. The monoisotopic (exact) mass is 1310 g/mol. The average Bonchev–Trinajstić information content (AvgIpc) is 1.68. The van der Waals surface area contributed by atoms with Crippen molar-refractivity contribution in [3.05, 3.63) is 355 Å². The third-order valence-electron chi connectivity index (χ3n) is 24.2. The van der Waals surface area contributed by atoms with Crippen LogP contribution in [0.1, 0.15) is 73.6 Å². The van der Waals surface area contributed by atoms with Gasteiger partial charge in [-0.25, -0.2) is 0 Å². The molecule has 18 aromatic rings. The number of fused-ring (bicyclic) bond motifs is 16. The van der Waals surface area contributed by atoms with Crippen LogP contribution < -0.4 is 0 Å². The maximum atomic E-state index is 4.93. The van der Waals surface area contributed by atoms with Crippen molar-refractivity contribution in [3.63, 3.8) is 0 Å². The van der Waals surface area contributed by atoms with E-state index >= 15 is 0 Å². The molecule has 15 aromatic carbocycles. The second-order valence-corrected chi connectivity index (χ2v) is 30.2. The van der Waals surface area contributed by atoms with Crippen LogP contribution in [-0.4, -0.2) is 15.0 Å². The van der Waals surface area contributed by atoms with E-state index in [-0.39, 0.29) is 16.2 Å². The zero-order valence-corrected chi connectivity index (χ0v) is 58.1. The van der Waals surface area contributed by atoms with Gasteiger partial charge in [0.1, 0.15) is 0 Å². The summed E-state index contributed by atoms with van der Waals surface area (Å²) in [5.74, 6) is 0. The van der Waals surface area contributed by atoms with Crippen molar-refractivity contribution in [2.45, 2.75) is 57.3 Å². The van der Waals surface area contributed by atoms with Crippen molar-refractivity contribution in [3.8, 4) is 100 Å². The summed E-state index contributed by atoms with van der Waals surface area (Å²) in [5, 5.41) is 16.7. The van der Waals surface area contributed by atoms with Crippen molar-refractivity contribution in [2.75, 3.05) is 0 Å². The van der Waals surface area contributed by atoms with Gasteiger partial charge in [-0.15, -0.1) is 0 Å². The standard InChI is InChI=1S/C100H69N3/c1-98(2)85-36-18-15-31-77(85)96-79(33-20-38-87(96)98)92-70-29-12-13-30-71(70)95(83-58-103-53-50-76(83)92)80-34-21-39-88-97(80)78-32-16-19-37-86(78)100(88,5)55-59-40-42-60(43-41-59)90-66-25-8-10-27-68(66)93(81-56-101-51-48-74(81)90)72-46-47-73(63-23-7-6-22-62(63)72)94-69-28-11-9-26-67(69)91(75-49-52-102-57-82(75)94)61-44-45-65-64-24-14-17-35-84(64)99(3,4)89(65)54-61/h6-54,56-58H,55H2,1-5H3. The van der Waals surface area contributed by atoms with E-state index in [4.69, 9.17) is 15.0 Å². The van der Waals surface area contributed by atoms with Crippen LogP contribution >= 0.6 is 0 Å². The second kappa shape index (κ2) is 22.0. The van der Waals surface area contributed by atoms with Crippen LogP contribution in [0.5, 0.6) is 0 Å². The number of rotatable bonds is 8. The van der Waals surface area contributed by atoms with Gasteiger partial charge in [-0.2, -0.15) is 0 Å². The Hall–Kier alpha value is -12.4. The Kier molecular flexibility index (Phi) is 12.7. The Morgan fingerprint density at radius 1 is 0.214 bits per heavy atom. The number of nitrogens with zero attached hydrogens (tertiary/aromatic N) is 3. The number of aromatic nitrogens is 3. The van der Waals surface area contributed by atoms with E-state index in [1.807, 2.05) is 18.6 Å². The van der Waals surface area contributed by atoms with Crippen LogP contribution in [0.3, 0.4) is 0 Å². The molecule has 3 nitrogen and oxygen atoms in total. The Morgan fingerprint density at radius 3 is 1.08 bits per heavy atom. The minimum Gasteiger partial charge on any atom is -0.264 e. The molecule has 3 aliphatic rings. The molecule has 0 saturated heterocycles. The molecule has 0 bridgehead atoms. The Morgan fingerprint density at radius 2 is 0.544 bits per heavy atom. The summed E-state index contributed by atoms with van der Waals surface area (Å²) in [7, 11) is 0. The van der Waals surface area contributed by atoms with Gasteiger partial charge >= 0.3 is 0 Å². The summed E-state index contributed by atoms with van der Waals surface area (Å²) in [6.45, 7) is 12.0. The number of pyridine rings is 3. The van der Waals surface area contributed by atoms with E-state index in [1.54, 1.807) is 0 Å². The molecular formula is C100H69N3. The molecular weight excluding hydrogens is 1240 g/mol. The fraction of sp³-hybridized carbons (Fsp3) is 0.0900. The lowest BCUT2D eigenvalue weighted by atomic mass is 9.74. The minimum atomic E-state index is -0.336. The normalized spacial score (nSPS) is 15.1. The van der Waals surface area contributed by atoms with Gasteiger partial charge in [0.05, 0.1) is 0 Å². The maximum absolute atomic E-state index is 4.93. The molecule has 103 heavy (non-hydrogen) atoms. The second-order valence-electron chi connectivity index (χ2n) is 30.2. The van der Waals surface area contributed by atoms with Gasteiger partial charge in [-0.1, -0.05) is 289 Å². The van der Waals surface area contributed by atoms with Crippen LogP contribution in [0.4, 0.5) is 0 Å². The molecule has 3 aromatic heterocycles. The lowest BCUT2D eigenvalue weighted by Gasteiger charge is -2.28. The zero-order valence-electron chi connectivity index (χ0n) is 58.1. The smallest absolute Gasteiger partial charge is 0.0353 e. The van der Waals surface area contributed by atoms with Gasteiger partial charge in [-0.3, -0.25) is 15.0 Å². The molecule has 21 rings (SSSR count). The zero-order chi connectivity index (χ0) is 68.6. The highest BCUT2D eigenvalue weighted by molar-refractivity contribution is 6.28. The van der Waals surface area contributed by atoms with Crippen molar-refractivity contribution >= 4 is 75.4 Å². The van der Waals surface area contributed by atoms with Crippen molar-refractivity contribution in [2.24, 2.45) is 0 Å². The average molecular weight is 1310 g/mol. The van der Waals surface area contributed by atoms with E-state index in [9.17, 15) is 0 Å². The molecule has 0 saturated carbocycles. The van der Waals surface area contributed by atoms with E-state index in [1.165, 1.54) is 198 Å². The van der Waals surface area contributed by atoms with E-state index < -0.39 is 0 Å². The molecule has 3 aliphatic carbocycles. The molecule has 3 heterocycles.